The molecule has 6 heteroatoms. The van der Waals surface area contributed by atoms with Crippen molar-refractivity contribution in [1.29, 1.82) is 0 Å². The van der Waals surface area contributed by atoms with E-state index in [1.54, 1.807) is 42.5 Å². The van der Waals surface area contributed by atoms with Crippen molar-refractivity contribution in [1.82, 2.24) is 5.32 Å². The topological polar surface area (TPSA) is 75.3 Å². The molecule has 0 aliphatic carbocycles. The van der Waals surface area contributed by atoms with E-state index in [1.165, 1.54) is 17.7 Å². The Balaban J connectivity index is 1.62. The molecule has 29 heavy (non-hydrogen) atoms. The Hall–Kier alpha value is -3.12. The Morgan fingerprint density at radius 3 is 2.24 bits per heavy atom. The van der Waals surface area contributed by atoms with Crippen LogP contribution in [0.25, 0.3) is 0 Å². The SMILES string of the molecule is CC(CCc1ccccc1)NC(=O)c1cccc(NS(=O)(=O)c2ccccc2)c1. The van der Waals surface area contributed by atoms with E-state index >= 15 is 0 Å². The third kappa shape index (κ3) is 5.93. The monoisotopic (exact) mass is 408 g/mol. The van der Waals surface area contributed by atoms with Crippen molar-refractivity contribution in [2.45, 2.75) is 30.7 Å². The van der Waals surface area contributed by atoms with Crippen molar-refractivity contribution in [3.63, 3.8) is 0 Å². The molecule has 5 nitrogen and oxygen atoms in total. The van der Waals surface area contributed by atoms with Gasteiger partial charge in [0.1, 0.15) is 0 Å². The first kappa shape index (κ1) is 20.6. The van der Waals surface area contributed by atoms with Crippen molar-refractivity contribution < 1.29 is 13.2 Å². The molecule has 0 saturated carbocycles. The summed E-state index contributed by atoms with van der Waals surface area (Å²) in [6.07, 6.45) is 1.69. The van der Waals surface area contributed by atoms with Gasteiger partial charge < -0.3 is 5.32 Å². The van der Waals surface area contributed by atoms with Crippen LogP contribution in [0, 0.1) is 0 Å². The Morgan fingerprint density at radius 2 is 1.55 bits per heavy atom. The first-order chi connectivity index (χ1) is 13.9. The minimum Gasteiger partial charge on any atom is -0.350 e. The smallest absolute Gasteiger partial charge is 0.261 e. The van der Waals surface area contributed by atoms with E-state index in [1.807, 2.05) is 25.1 Å². The molecule has 0 saturated heterocycles. The number of hydrogen-bond donors (Lipinski definition) is 2. The van der Waals surface area contributed by atoms with Gasteiger partial charge in [0.05, 0.1) is 4.90 Å². The number of amides is 1. The number of rotatable bonds is 8. The maximum Gasteiger partial charge on any atom is 0.261 e. The average molecular weight is 409 g/mol. The Morgan fingerprint density at radius 1 is 0.897 bits per heavy atom. The summed E-state index contributed by atoms with van der Waals surface area (Å²) in [5, 5.41) is 2.97. The molecule has 0 aliphatic rings. The number of carbonyl (C=O) groups is 1. The highest BCUT2D eigenvalue weighted by atomic mass is 32.2. The van der Waals surface area contributed by atoms with Crippen LogP contribution in [0.2, 0.25) is 0 Å². The predicted molar refractivity (Wildman–Crippen MR) is 115 cm³/mol. The third-order valence-electron chi connectivity index (χ3n) is 4.52. The highest BCUT2D eigenvalue weighted by molar-refractivity contribution is 7.92. The minimum atomic E-state index is -3.70. The van der Waals surface area contributed by atoms with Gasteiger partial charge in [0, 0.05) is 17.3 Å². The van der Waals surface area contributed by atoms with Gasteiger partial charge in [0.15, 0.2) is 0 Å². The van der Waals surface area contributed by atoms with Gasteiger partial charge in [-0.25, -0.2) is 8.42 Å². The number of nitrogens with one attached hydrogen (secondary N) is 2. The number of hydrogen-bond acceptors (Lipinski definition) is 3. The van der Waals surface area contributed by atoms with Gasteiger partial charge in [-0.05, 0) is 55.7 Å². The molecule has 0 fully saturated rings. The Labute approximate surface area is 171 Å². The molecule has 1 amide bonds. The lowest BCUT2D eigenvalue weighted by molar-refractivity contribution is 0.0938. The second-order valence-corrected chi connectivity index (χ2v) is 8.58. The predicted octanol–water partition coefficient (Wildman–Crippen LogP) is 4.24. The third-order valence-corrected chi connectivity index (χ3v) is 5.91. The molecule has 1 atom stereocenters. The van der Waals surface area contributed by atoms with E-state index < -0.39 is 10.0 Å². The van der Waals surface area contributed by atoms with Gasteiger partial charge in [-0.15, -0.1) is 0 Å². The summed E-state index contributed by atoms with van der Waals surface area (Å²) >= 11 is 0. The summed E-state index contributed by atoms with van der Waals surface area (Å²) in [6, 6.07) is 24.7. The average Bonchev–Trinajstić information content (AvgIpc) is 2.73. The lowest BCUT2D eigenvalue weighted by Crippen LogP contribution is -2.32. The molecule has 3 aromatic rings. The zero-order valence-electron chi connectivity index (χ0n) is 16.2. The molecule has 3 rings (SSSR count). The normalized spacial score (nSPS) is 12.2. The van der Waals surface area contributed by atoms with E-state index in [0.29, 0.717) is 11.3 Å². The molecule has 150 valence electrons. The van der Waals surface area contributed by atoms with Gasteiger partial charge in [0.25, 0.3) is 15.9 Å². The second-order valence-electron chi connectivity index (χ2n) is 6.90. The first-order valence-corrected chi connectivity index (χ1v) is 10.9. The molecule has 3 aromatic carbocycles. The van der Waals surface area contributed by atoms with Crippen LogP contribution >= 0.6 is 0 Å². The zero-order chi connectivity index (χ0) is 20.7. The molecular formula is C23H24N2O3S. The Kier molecular flexibility index (Phi) is 6.67. The highest BCUT2D eigenvalue weighted by Crippen LogP contribution is 2.17. The van der Waals surface area contributed by atoms with E-state index in [9.17, 15) is 13.2 Å². The van der Waals surface area contributed by atoms with Gasteiger partial charge >= 0.3 is 0 Å². The summed E-state index contributed by atoms with van der Waals surface area (Å²) < 4.78 is 27.5. The lowest BCUT2D eigenvalue weighted by Gasteiger charge is -2.15. The van der Waals surface area contributed by atoms with Crippen molar-refractivity contribution in [3.8, 4) is 0 Å². The van der Waals surface area contributed by atoms with Crippen molar-refractivity contribution in [2.75, 3.05) is 4.72 Å². The highest BCUT2D eigenvalue weighted by Gasteiger charge is 2.15. The van der Waals surface area contributed by atoms with Crippen LogP contribution in [0.5, 0.6) is 0 Å². The summed E-state index contributed by atoms with van der Waals surface area (Å²) in [7, 11) is -3.70. The molecule has 0 radical (unpaired) electrons. The fourth-order valence-electron chi connectivity index (χ4n) is 2.94. The minimum absolute atomic E-state index is 0.00706. The molecule has 2 N–H and O–H groups in total. The Bertz CT molecular complexity index is 1050. The summed E-state index contributed by atoms with van der Waals surface area (Å²) in [4.78, 5) is 12.7. The van der Waals surface area contributed by atoms with E-state index in [2.05, 4.69) is 22.2 Å². The molecule has 0 aliphatic heterocycles. The number of benzene rings is 3. The first-order valence-electron chi connectivity index (χ1n) is 9.47. The van der Waals surface area contributed by atoms with Crippen LogP contribution in [-0.2, 0) is 16.4 Å². The van der Waals surface area contributed by atoms with Gasteiger partial charge in [0.2, 0.25) is 0 Å². The molecular weight excluding hydrogens is 384 g/mol. The maximum atomic E-state index is 12.6. The van der Waals surface area contributed by atoms with Crippen molar-refractivity contribution >= 4 is 21.6 Å². The lowest BCUT2D eigenvalue weighted by atomic mass is 10.1. The summed E-state index contributed by atoms with van der Waals surface area (Å²) in [5.41, 5.74) is 1.98. The number of aryl methyl sites for hydroxylation is 1. The van der Waals surface area contributed by atoms with Gasteiger partial charge in [-0.1, -0.05) is 54.6 Å². The van der Waals surface area contributed by atoms with Gasteiger partial charge in [-0.2, -0.15) is 0 Å². The second kappa shape index (κ2) is 9.39. The molecule has 1 unspecified atom stereocenters. The largest absolute Gasteiger partial charge is 0.350 e. The molecule has 0 heterocycles. The van der Waals surface area contributed by atoms with E-state index in [-0.39, 0.29) is 16.8 Å². The summed E-state index contributed by atoms with van der Waals surface area (Å²) in [6.45, 7) is 1.96. The van der Waals surface area contributed by atoms with Crippen LogP contribution in [-0.4, -0.2) is 20.4 Å². The van der Waals surface area contributed by atoms with E-state index in [4.69, 9.17) is 0 Å². The van der Waals surface area contributed by atoms with Crippen LogP contribution in [0.3, 0.4) is 0 Å². The molecule has 0 spiro atoms. The number of sulfonamides is 1. The molecule has 0 bridgehead atoms. The van der Waals surface area contributed by atoms with Crippen molar-refractivity contribution in [3.05, 3.63) is 96.1 Å². The maximum absolute atomic E-state index is 12.6. The van der Waals surface area contributed by atoms with Crippen LogP contribution < -0.4 is 10.0 Å². The summed E-state index contributed by atoms with van der Waals surface area (Å²) in [5.74, 6) is -0.230. The van der Waals surface area contributed by atoms with Crippen LogP contribution in [0.1, 0.15) is 29.3 Å². The van der Waals surface area contributed by atoms with Crippen molar-refractivity contribution in [2.24, 2.45) is 0 Å². The number of anilines is 1. The standard InChI is InChI=1S/C23H24N2O3S/c1-18(15-16-19-9-4-2-5-10-19)24-23(26)20-11-8-12-21(17-20)25-29(27,28)22-13-6-3-7-14-22/h2-14,17-18,25H,15-16H2,1H3,(H,24,26). The quantitative estimate of drug-likeness (QED) is 0.585. The van der Waals surface area contributed by atoms with Crippen LogP contribution in [0.4, 0.5) is 5.69 Å². The fourth-order valence-corrected chi connectivity index (χ4v) is 4.02. The number of carbonyl (C=O) groups excluding carboxylic acids is 1. The van der Waals surface area contributed by atoms with E-state index in [0.717, 1.165) is 12.8 Å². The van der Waals surface area contributed by atoms with Crippen LogP contribution in [0.15, 0.2) is 89.8 Å². The zero-order valence-corrected chi connectivity index (χ0v) is 17.0. The molecule has 0 aromatic heterocycles. The fraction of sp³-hybridized carbons (Fsp3) is 0.174. The van der Waals surface area contributed by atoms with Gasteiger partial charge in [-0.3, -0.25) is 9.52 Å².